The number of benzene rings is 1. The minimum Gasteiger partial charge on any atom is -0.454 e. The molecule has 25 heavy (non-hydrogen) atoms. The molecule has 0 atom stereocenters. The van der Waals surface area contributed by atoms with E-state index in [9.17, 15) is 4.79 Å². The number of carbonyl (C=O) groups is 1. The zero-order chi connectivity index (χ0) is 17.6. The van der Waals surface area contributed by atoms with Gasteiger partial charge in [0.1, 0.15) is 6.61 Å². The molecule has 0 fully saturated rings. The number of hydrogen-bond donors (Lipinski definition) is 1. The van der Waals surface area contributed by atoms with Crippen molar-refractivity contribution in [2.75, 3.05) is 39.0 Å². The number of nitrogens with one attached hydrogen (secondary N) is 1. The number of aryl methyl sites for hydroxylation is 1. The van der Waals surface area contributed by atoms with Gasteiger partial charge in [-0.25, -0.2) is 4.98 Å². The van der Waals surface area contributed by atoms with Crippen LogP contribution in [0.1, 0.15) is 16.1 Å². The summed E-state index contributed by atoms with van der Waals surface area (Å²) >= 11 is 1.46. The van der Waals surface area contributed by atoms with Crippen molar-refractivity contribution in [3.05, 3.63) is 34.3 Å². The smallest absolute Gasteiger partial charge is 0.252 e. The highest BCUT2D eigenvalue weighted by atomic mass is 32.1. The highest BCUT2D eigenvalue weighted by Gasteiger charge is 2.15. The summed E-state index contributed by atoms with van der Waals surface area (Å²) in [7, 11) is 1.59. The first-order valence-corrected chi connectivity index (χ1v) is 8.68. The lowest BCUT2D eigenvalue weighted by Crippen LogP contribution is -2.19. The van der Waals surface area contributed by atoms with Gasteiger partial charge in [0.25, 0.3) is 5.91 Å². The second-order valence-electron chi connectivity index (χ2n) is 5.49. The number of methoxy groups -OCH3 is 1. The average molecular weight is 364 g/mol. The third kappa shape index (κ3) is 4.68. The fourth-order valence-electron chi connectivity index (χ4n) is 2.34. The van der Waals surface area contributed by atoms with Gasteiger partial charge in [-0.3, -0.25) is 10.1 Å². The number of carbonyl (C=O) groups excluding carboxylic acids is 1. The van der Waals surface area contributed by atoms with Gasteiger partial charge in [-0.1, -0.05) is 6.07 Å². The van der Waals surface area contributed by atoms with Crippen molar-refractivity contribution in [2.45, 2.75) is 13.3 Å². The highest BCUT2D eigenvalue weighted by Crippen LogP contribution is 2.34. The first-order valence-electron chi connectivity index (χ1n) is 7.87. The molecule has 7 nitrogen and oxygen atoms in total. The molecule has 1 aliphatic heterocycles. The molecule has 8 heteroatoms. The van der Waals surface area contributed by atoms with Gasteiger partial charge in [-0.2, -0.15) is 0 Å². The van der Waals surface area contributed by atoms with E-state index in [1.165, 1.54) is 11.3 Å². The zero-order valence-electron chi connectivity index (χ0n) is 14.2. The molecule has 1 aliphatic rings. The van der Waals surface area contributed by atoms with Gasteiger partial charge in [0.05, 0.1) is 18.9 Å². The van der Waals surface area contributed by atoms with Crippen molar-refractivity contribution in [1.82, 2.24) is 4.98 Å². The van der Waals surface area contributed by atoms with Crippen LogP contribution >= 0.6 is 11.3 Å². The fraction of sp³-hybridized carbons (Fsp3) is 0.412. The van der Waals surface area contributed by atoms with Crippen LogP contribution in [0.2, 0.25) is 0 Å². The number of hydrogen-bond acceptors (Lipinski definition) is 7. The Labute approximate surface area is 149 Å². The molecule has 1 aromatic heterocycles. The summed E-state index contributed by atoms with van der Waals surface area (Å²) in [6.07, 6.45) is 0.723. The van der Waals surface area contributed by atoms with Crippen molar-refractivity contribution in [3.63, 3.8) is 0 Å². The van der Waals surface area contributed by atoms with Crippen LogP contribution in [0.4, 0.5) is 5.13 Å². The second-order valence-corrected chi connectivity index (χ2v) is 6.57. The summed E-state index contributed by atoms with van der Waals surface area (Å²) in [5, 5.41) is 3.34. The highest BCUT2D eigenvalue weighted by molar-refractivity contribution is 7.15. The minimum absolute atomic E-state index is 0.0144. The normalized spacial score (nSPS) is 12.4. The monoisotopic (exact) mass is 364 g/mol. The largest absolute Gasteiger partial charge is 0.454 e. The van der Waals surface area contributed by atoms with Crippen molar-refractivity contribution < 1.29 is 23.7 Å². The van der Waals surface area contributed by atoms with Gasteiger partial charge >= 0.3 is 0 Å². The molecule has 2 heterocycles. The summed E-state index contributed by atoms with van der Waals surface area (Å²) in [6, 6.07) is 5.89. The fourth-order valence-corrected chi connectivity index (χ4v) is 3.36. The van der Waals surface area contributed by atoms with Crippen LogP contribution in [-0.4, -0.2) is 44.6 Å². The summed E-state index contributed by atoms with van der Waals surface area (Å²) in [5.74, 6) is 1.31. The number of anilines is 1. The number of aromatic nitrogens is 1. The number of nitrogens with zero attached hydrogens (tertiary/aromatic N) is 1. The molecule has 0 bridgehead atoms. The summed E-state index contributed by atoms with van der Waals surface area (Å²) in [4.78, 5) is 17.3. The van der Waals surface area contributed by atoms with Crippen LogP contribution in [-0.2, 0) is 20.7 Å². The third-order valence-electron chi connectivity index (χ3n) is 3.61. The Balaban J connectivity index is 1.58. The Morgan fingerprint density at radius 2 is 2.16 bits per heavy atom. The lowest BCUT2D eigenvalue weighted by molar-refractivity contribution is -0.121. The summed E-state index contributed by atoms with van der Waals surface area (Å²) < 4.78 is 20.8. The lowest BCUT2D eigenvalue weighted by atomic mass is 10.1. The quantitative estimate of drug-likeness (QED) is 0.725. The van der Waals surface area contributed by atoms with E-state index in [1.54, 1.807) is 7.11 Å². The topological polar surface area (TPSA) is 78.9 Å². The molecule has 0 saturated heterocycles. The van der Waals surface area contributed by atoms with E-state index >= 15 is 0 Å². The molecular formula is C17H20N2O5S. The summed E-state index contributed by atoms with van der Waals surface area (Å²) in [5.41, 5.74) is 2.01. The van der Waals surface area contributed by atoms with Crippen molar-refractivity contribution in [1.29, 1.82) is 0 Å². The number of thiazole rings is 1. The molecular weight excluding hydrogens is 344 g/mol. The van der Waals surface area contributed by atoms with Crippen LogP contribution in [0.25, 0.3) is 0 Å². The van der Waals surface area contributed by atoms with Crippen LogP contribution in [0, 0.1) is 6.92 Å². The van der Waals surface area contributed by atoms with Gasteiger partial charge in [-0.15, -0.1) is 11.3 Å². The van der Waals surface area contributed by atoms with Crippen LogP contribution in [0.5, 0.6) is 11.5 Å². The first-order chi connectivity index (χ1) is 12.2. The van der Waals surface area contributed by atoms with Crippen molar-refractivity contribution >= 4 is 22.4 Å². The second kappa shape index (κ2) is 8.28. The minimum atomic E-state index is -0.223. The van der Waals surface area contributed by atoms with Crippen LogP contribution in [0.15, 0.2) is 18.2 Å². The maximum atomic E-state index is 11.8. The Hall–Kier alpha value is -2.16. The molecule has 0 unspecified atom stereocenters. The van der Waals surface area contributed by atoms with Gasteiger partial charge in [0, 0.05) is 18.4 Å². The van der Waals surface area contributed by atoms with E-state index in [4.69, 9.17) is 18.9 Å². The molecule has 0 spiro atoms. The van der Waals surface area contributed by atoms with Gasteiger partial charge in [-0.05, 0) is 24.6 Å². The first kappa shape index (κ1) is 17.7. The molecule has 3 rings (SSSR count). The Kier molecular flexibility index (Phi) is 5.85. The van der Waals surface area contributed by atoms with Gasteiger partial charge < -0.3 is 18.9 Å². The summed E-state index contributed by atoms with van der Waals surface area (Å²) in [6.45, 7) is 3.03. The lowest BCUT2D eigenvalue weighted by Gasteiger charge is -2.03. The van der Waals surface area contributed by atoms with E-state index in [-0.39, 0.29) is 19.3 Å². The van der Waals surface area contributed by atoms with E-state index in [2.05, 4.69) is 10.3 Å². The SMILES string of the molecule is COCCOCC(=O)Nc1nc(C)c(Cc2ccc3c(c2)OCO3)s1. The van der Waals surface area contributed by atoms with E-state index in [0.717, 1.165) is 34.1 Å². The molecule has 2 aromatic rings. The van der Waals surface area contributed by atoms with Gasteiger partial charge in [0.15, 0.2) is 16.6 Å². The Morgan fingerprint density at radius 1 is 1.32 bits per heavy atom. The standard InChI is InChI=1S/C17H20N2O5S/c1-11-15(8-12-3-4-13-14(7-12)24-10-23-13)25-17(18-11)19-16(20)9-22-6-5-21-2/h3-4,7H,5-6,8-10H2,1-2H3,(H,18,19,20). The van der Waals surface area contributed by atoms with Crippen molar-refractivity contribution in [3.8, 4) is 11.5 Å². The molecule has 1 aromatic carbocycles. The zero-order valence-corrected chi connectivity index (χ0v) is 15.0. The Morgan fingerprint density at radius 3 is 3.00 bits per heavy atom. The molecule has 134 valence electrons. The van der Waals surface area contributed by atoms with E-state index in [1.807, 2.05) is 25.1 Å². The van der Waals surface area contributed by atoms with E-state index < -0.39 is 0 Å². The number of amides is 1. The third-order valence-corrected chi connectivity index (χ3v) is 4.68. The van der Waals surface area contributed by atoms with Crippen LogP contribution in [0.3, 0.4) is 0 Å². The number of fused-ring (bicyclic) bond motifs is 1. The van der Waals surface area contributed by atoms with Crippen molar-refractivity contribution in [2.24, 2.45) is 0 Å². The predicted molar refractivity (Wildman–Crippen MR) is 93.5 cm³/mol. The molecule has 0 radical (unpaired) electrons. The maximum Gasteiger partial charge on any atom is 0.252 e. The molecule has 1 amide bonds. The van der Waals surface area contributed by atoms with Crippen LogP contribution < -0.4 is 14.8 Å². The molecule has 0 aliphatic carbocycles. The maximum absolute atomic E-state index is 11.8. The molecule has 1 N–H and O–H groups in total. The van der Waals surface area contributed by atoms with E-state index in [0.29, 0.717) is 18.3 Å². The number of ether oxygens (including phenoxy) is 4. The molecule has 0 saturated carbocycles. The average Bonchev–Trinajstić information content (AvgIpc) is 3.18. The van der Waals surface area contributed by atoms with Gasteiger partial charge in [0.2, 0.25) is 6.79 Å². The Bertz CT molecular complexity index is 747. The predicted octanol–water partition coefficient (Wildman–Crippen LogP) is 2.37. The number of rotatable bonds is 8.